The van der Waals surface area contributed by atoms with E-state index in [0.29, 0.717) is 5.56 Å². The maximum absolute atomic E-state index is 10.5. The number of nitrogens with one attached hydrogen (secondary N) is 1. The van der Waals surface area contributed by atoms with Gasteiger partial charge >= 0.3 is 0 Å². The number of nitrogens with two attached hydrogens (primary N) is 1. The molecule has 0 aliphatic carbocycles. The van der Waals surface area contributed by atoms with E-state index in [-0.39, 0.29) is 5.91 Å². The highest BCUT2D eigenvalue weighted by Crippen LogP contribution is 2.01. The Labute approximate surface area is 59.2 Å². The van der Waals surface area contributed by atoms with Crippen LogP contribution in [-0.2, 0) is 6.42 Å². The van der Waals surface area contributed by atoms with Crippen molar-refractivity contribution in [1.29, 1.82) is 0 Å². The van der Waals surface area contributed by atoms with E-state index in [1.54, 1.807) is 12.3 Å². The van der Waals surface area contributed by atoms with Crippen molar-refractivity contribution in [3.05, 3.63) is 23.5 Å². The number of primary amides is 1. The second kappa shape index (κ2) is 2.56. The molecule has 0 radical (unpaired) electrons. The molecule has 1 aromatic heterocycles. The van der Waals surface area contributed by atoms with Gasteiger partial charge in [-0.25, -0.2) is 0 Å². The van der Waals surface area contributed by atoms with Gasteiger partial charge in [0.2, 0.25) is 5.91 Å². The maximum atomic E-state index is 10.5. The molecule has 0 spiro atoms. The number of hydrogen-bond donors (Lipinski definition) is 2. The molecular weight excluding hydrogens is 128 g/mol. The number of amides is 1. The maximum Gasteiger partial charge on any atom is 0.250 e. The van der Waals surface area contributed by atoms with Crippen molar-refractivity contribution in [1.82, 2.24) is 4.98 Å². The van der Waals surface area contributed by atoms with Crippen LogP contribution in [0.3, 0.4) is 0 Å². The predicted octanol–water partition coefficient (Wildman–Crippen LogP) is 0.676. The Morgan fingerprint density at radius 1 is 1.80 bits per heavy atom. The van der Waals surface area contributed by atoms with Crippen LogP contribution in [0, 0.1) is 0 Å². The minimum Gasteiger partial charge on any atom is -0.366 e. The highest BCUT2D eigenvalue weighted by molar-refractivity contribution is 5.92. The molecule has 54 valence electrons. The molecule has 1 rings (SSSR count). The Morgan fingerprint density at radius 3 is 2.80 bits per heavy atom. The van der Waals surface area contributed by atoms with Crippen LogP contribution in [-0.4, -0.2) is 10.9 Å². The summed E-state index contributed by atoms with van der Waals surface area (Å²) >= 11 is 0. The summed E-state index contributed by atoms with van der Waals surface area (Å²) in [4.78, 5) is 13.5. The van der Waals surface area contributed by atoms with E-state index < -0.39 is 0 Å². The van der Waals surface area contributed by atoms with E-state index in [2.05, 4.69) is 4.98 Å². The Morgan fingerprint density at radius 2 is 2.50 bits per heavy atom. The van der Waals surface area contributed by atoms with Crippen molar-refractivity contribution >= 4 is 5.91 Å². The smallest absolute Gasteiger partial charge is 0.250 e. The summed E-state index contributed by atoms with van der Waals surface area (Å²) in [6, 6.07) is 1.77. The number of aromatic nitrogens is 1. The molecular formula is C7H10N2O. The highest BCUT2D eigenvalue weighted by atomic mass is 16.1. The standard InChI is InChI=1S/C7H10N2O/c1-2-6-3-5(4-9-6)7(8)10/h3-4,9H,2H2,1H3,(H2,8,10). The van der Waals surface area contributed by atoms with Crippen LogP contribution in [0.5, 0.6) is 0 Å². The number of aromatic amines is 1. The Bertz CT molecular complexity index is 240. The van der Waals surface area contributed by atoms with Crippen LogP contribution in [0.2, 0.25) is 0 Å². The molecule has 0 saturated heterocycles. The first-order valence-electron chi connectivity index (χ1n) is 3.21. The van der Waals surface area contributed by atoms with Crippen LogP contribution in [0.4, 0.5) is 0 Å². The summed E-state index contributed by atoms with van der Waals surface area (Å²) in [6.07, 6.45) is 2.52. The van der Waals surface area contributed by atoms with Gasteiger partial charge in [0.05, 0.1) is 5.56 Å². The third-order valence-corrected chi connectivity index (χ3v) is 1.41. The first-order chi connectivity index (χ1) is 4.74. The SMILES string of the molecule is CCc1cc(C(N)=O)c[nH]1. The van der Waals surface area contributed by atoms with Gasteiger partial charge in [-0.15, -0.1) is 0 Å². The van der Waals surface area contributed by atoms with E-state index in [0.717, 1.165) is 12.1 Å². The quantitative estimate of drug-likeness (QED) is 0.620. The molecule has 0 aromatic carbocycles. The fraction of sp³-hybridized carbons (Fsp3) is 0.286. The number of carbonyl (C=O) groups is 1. The molecule has 0 aliphatic rings. The van der Waals surface area contributed by atoms with Gasteiger partial charge in [0.15, 0.2) is 0 Å². The van der Waals surface area contributed by atoms with E-state index >= 15 is 0 Å². The van der Waals surface area contributed by atoms with Crippen LogP contribution >= 0.6 is 0 Å². The van der Waals surface area contributed by atoms with Crippen LogP contribution in [0.25, 0.3) is 0 Å². The fourth-order valence-corrected chi connectivity index (χ4v) is 0.788. The molecule has 3 nitrogen and oxygen atoms in total. The monoisotopic (exact) mass is 138 g/mol. The number of aryl methyl sites for hydroxylation is 1. The van der Waals surface area contributed by atoms with E-state index in [1.165, 1.54) is 0 Å². The van der Waals surface area contributed by atoms with E-state index in [1.807, 2.05) is 6.92 Å². The molecule has 0 atom stereocenters. The number of H-pyrrole nitrogens is 1. The summed E-state index contributed by atoms with van der Waals surface area (Å²) in [5.41, 5.74) is 6.61. The third-order valence-electron chi connectivity index (χ3n) is 1.41. The molecule has 0 saturated carbocycles. The van der Waals surface area contributed by atoms with Crippen molar-refractivity contribution in [2.45, 2.75) is 13.3 Å². The lowest BCUT2D eigenvalue weighted by atomic mass is 10.3. The van der Waals surface area contributed by atoms with Gasteiger partial charge in [-0.1, -0.05) is 6.92 Å². The average molecular weight is 138 g/mol. The molecule has 0 aliphatic heterocycles. The zero-order chi connectivity index (χ0) is 7.56. The molecule has 1 amide bonds. The second-order valence-corrected chi connectivity index (χ2v) is 2.13. The number of carbonyl (C=O) groups excluding carboxylic acids is 1. The minimum absolute atomic E-state index is 0.379. The topological polar surface area (TPSA) is 58.9 Å². The predicted molar refractivity (Wildman–Crippen MR) is 38.7 cm³/mol. The van der Waals surface area contributed by atoms with Crippen molar-refractivity contribution in [3.63, 3.8) is 0 Å². The Balaban J connectivity index is 2.88. The number of rotatable bonds is 2. The Hall–Kier alpha value is -1.25. The van der Waals surface area contributed by atoms with Crippen LogP contribution in [0.15, 0.2) is 12.3 Å². The van der Waals surface area contributed by atoms with Gasteiger partial charge in [0.25, 0.3) is 0 Å². The molecule has 3 N–H and O–H groups in total. The van der Waals surface area contributed by atoms with Crippen molar-refractivity contribution in [2.75, 3.05) is 0 Å². The lowest BCUT2D eigenvalue weighted by Gasteiger charge is -1.83. The molecule has 10 heavy (non-hydrogen) atoms. The molecule has 0 unspecified atom stereocenters. The van der Waals surface area contributed by atoms with E-state index in [9.17, 15) is 4.79 Å². The first kappa shape index (κ1) is 6.86. The zero-order valence-electron chi connectivity index (χ0n) is 5.85. The summed E-state index contributed by atoms with van der Waals surface area (Å²) in [6.45, 7) is 2.01. The van der Waals surface area contributed by atoms with Crippen molar-refractivity contribution in [3.8, 4) is 0 Å². The highest BCUT2D eigenvalue weighted by Gasteiger charge is 2.00. The number of hydrogen-bond acceptors (Lipinski definition) is 1. The second-order valence-electron chi connectivity index (χ2n) is 2.13. The minimum atomic E-state index is -0.379. The van der Waals surface area contributed by atoms with Gasteiger partial charge in [-0.3, -0.25) is 4.79 Å². The van der Waals surface area contributed by atoms with E-state index in [4.69, 9.17) is 5.73 Å². The summed E-state index contributed by atoms with van der Waals surface area (Å²) in [5.74, 6) is -0.379. The van der Waals surface area contributed by atoms with Crippen molar-refractivity contribution < 1.29 is 4.79 Å². The average Bonchev–Trinajstić information content (AvgIpc) is 2.34. The van der Waals surface area contributed by atoms with Crippen LogP contribution in [0.1, 0.15) is 23.0 Å². The Kier molecular flexibility index (Phi) is 1.76. The summed E-state index contributed by atoms with van der Waals surface area (Å²) in [7, 11) is 0. The van der Waals surface area contributed by atoms with Gasteiger partial charge in [0, 0.05) is 11.9 Å². The zero-order valence-corrected chi connectivity index (χ0v) is 5.85. The fourth-order valence-electron chi connectivity index (χ4n) is 0.788. The third kappa shape index (κ3) is 1.18. The summed E-state index contributed by atoms with van der Waals surface area (Å²) in [5, 5.41) is 0. The largest absolute Gasteiger partial charge is 0.366 e. The molecule has 0 bridgehead atoms. The normalized spacial score (nSPS) is 9.70. The molecule has 3 heteroatoms. The van der Waals surface area contributed by atoms with Gasteiger partial charge in [-0.2, -0.15) is 0 Å². The van der Waals surface area contributed by atoms with Crippen LogP contribution < -0.4 is 5.73 Å². The van der Waals surface area contributed by atoms with Gasteiger partial charge in [-0.05, 0) is 12.5 Å². The lowest BCUT2D eigenvalue weighted by molar-refractivity contribution is 0.100. The first-order valence-corrected chi connectivity index (χ1v) is 3.21. The van der Waals surface area contributed by atoms with Gasteiger partial charge < -0.3 is 10.7 Å². The lowest BCUT2D eigenvalue weighted by Crippen LogP contribution is -2.09. The van der Waals surface area contributed by atoms with Gasteiger partial charge in [0.1, 0.15) is 0 Å². The van der Waals surface area contributed by atoms with Crippen molar-refractivity contribution in [2.24, 2.45) is 5.73 Å². The molecule has 1 heterocycles. The summed E-state index contributed by atoms with van der Waals surface area (Å²) < 4.78 is 0. The molecule has 1 aromatic rings. The molecule has 0 fully saturated rings.